The third-order valence-electron chi connectivity index (χ3n) is 11.0. The van der Waals surface area contributed by atoms with Crippen molar-refractivity contribution in [2.45, 2.75) is 80.9 Å². The first kappa shape index (κ1) is 61.0. The molecule has 6 aromatic carbocycles. The number of nitrogens with two attached hydrogens (primary N) is 1. The van der Waals surface area contributed by atoms with Gasteiger partial charge in [-0.15, -0.1) is 24.7 Å². The fourth-order valence-electron chi connectivity index (χ4n) is 7.34. The van der Waals surface area contributed by atoms with Crippen molar-refractivity contribution in [1.82, 2.24) is 4.57 Å². The van der Waals surface area contributed by atoms with Crippen LogP contribution in [0.25, 0.3) is 16.6 Å². The van der Waals surface area contributed by atoms with Crippen molar-refractivity contribution in [3.05, 3.63) is 188 Å². The van der Waals surface area contributed by atoms with Crippen LogP contribution in [0.1, 0.15) is 112 Å². The summed E-state index contributed by atoms with van der Waals surface area (Å²) >= 11 is 14.4. The first-order valence-corrected chi connectivity index (χ1v) is 27.2. The number of hydrogen-bond acceptors (Lipinski definition) is 7. The molecule has 10 rings (SSSR count). The number of rotatable bonds is 4. The van der Waals surface area contributed by atoms with Gasteiger partial charge in [-0.25, -0.2) is 13.2 Å². The average molecular weight is 1090 g/mol. The van der Waals surface area contributed by atoms with Crippen molar-refractivity contribution >= 4 is 89.5 Å². The lowest BCUT2D eigenvalue weighted by molar-refractivity contribution is 0.627. The van der Waals surface area contributed by atoms with E-state index >= 15 is 0 Å². The zero-order chi connectivity index (χ0) is 55.7. The third-order valence-corrected chi connectivity index (χ3v) is 11.3. The molecule has 0 unspecified atom stereocenters. The second kappa shape index (κ2) is 31.4. The number of fused-ring (bicyclic) bond motifs is 4. The molecule has 76 heavy (non-hydrogen) atoms. The molecular weight excluding hydrogens is 1030 g/mol. The summed E-state index contributed by atoms with van der Waals surface area (Å²) in [5.41, 5.74) is 20.0. The Labute approximate surface area is 465 Å². The van der Waals surface area contributed by atoms with Gasteiger partial charge in [0.1, 0.15) is 17.5 Å². The van der Waals surface area contributed by atoms with Crippen LogP contribution in [-0.2, 0) is 50.9 Å². The van der Waals surface area contributed by atoms with Crippen molar-refractivity contribution in [3.8, 4) is 54.1 Å². The minimum atomic E-state index is -0.251. The van der Waals surface area contributed by atoms with Crippen LogP contribution in [0.5, 0.6) is 0 Å². The van der Waals surface area contributed by atoms with E-state index in [2.05, 4.69) is 167 Å². The van der Waals surface area contributed by atoms with Crippen LogP contribution in [0.2, 0.25) is 5.02 Å². The molecule has 3 aliphatic rings. The lowest BCUT2D eigenvalue weighted by Crippen LogP contribution is -2.02. The molecular formula is C63H60ClF3N6S3. The molecule has 0 saturated heterocycles. The largest absolute Gasteiger partial charge is 0.399 e. The number of anilines is 3. The van der Waals surface area contributed by atoms with Gasteiger partial charge in [0.05, 0.1) is 35.9 Å². The van der Waals surface area contributed by atoms with Gasteiger partial charge in [0.25, 0.3) is 0 Å². The molecule has 0 bridgehead atoms. The second-order valence-corrected chi connectivity index (χ2v) is 20.0. The highest BCUT2D eigenvalue weighted by atomic mass is 35.5. The van der Waals surface area contributed by atoms with Crippen molar-refractivity contribution < 1.29 is 13.2 Å². The number of aromatic nitrogens is 1. The molecule has 4 heterocycles. The molecule has 0 spiro atoms. The summed E-state index contributed by atoms with van der Waals surface area (Å²) in [5, 5.41) is 5.26. The Morgan fingerprint density at radius 2 is 1.05 bits per heavy atom. The summed E-state index contributed by atoms with van der Waals surface area (Å²) in [7, 11) is 0.917. The summed E-state index contributed by atoms with van der Waals surface area (Å²) in [6, 6.07) is 33.5. The Kier molecular flexibility index (Phi) is 25.2. The standard InChI is InChI=1S/2C19H17FN2.C13H12ClN.C6H6FN.C4H6.C2H2.S3/c1-12(2)18-8-13-7-14-10-21-11-15(14)9-19(13)22(18)17-5-3-16(20)4-6-17;1-13(2)3-4-14-9-15-11-21-12-16(15)10-19(14)22-18-7-5-17(20)6-8-18;1-9(2)3-4-10-5-11-7-15-8-12(11)6-13(10)14;7-5-1-3-6(8)4-2-5;1-3-4-2;1-2;1-3-2/h3-9,11-12H,10H2,1-2H3;5-10,12-13,22H,11H2,1-2H3;5-6,8-9H,7H2,1-2H3;1-4H,8H2;1-2H3;1-2H;. The molecule has 388 valence electrons. The number of nitrogens with one attached hydrogen (secondary N) is 1. The van der Waals surface area contributed by atoms with E-state index in [1.54, 1.807) is 12.1 Å². The maximum Gasteiger partial charge on any atom is 0.123 e. The number of nitrogens with zero attached hydrogens (tertiary/aromatic N) is 4. The van der Waals surface area contributed by atoms with Crippen LogP contribution in [0.15, 0.2) is 130 Å². The fraction of sp³-hybridized carbons (Fsp3) is 0.222. The van der Waals surface area contributed by atoms with Gasteiger partial charge in [0, 0.05) is 101 Å². The van der Waals surface area contributed by atoms with Gasteiger partial charge in [-0.3, -0.25) is 15.0 Å². The molecule has 13 heteroatoms. The molecule has 0 atom stereocenters. The third kappa shape index (κ3) is 18.7. The highest BCUT2D eigenvalue weighted by molar-refractivity contribution is 8.37. The van der Waals surface area contributed by atoms with Crippen molar-refractivity contribution in [2.75, 3.05) is 11.1 Å². The SMILES string of the molecule is C#C.CC#CC.CC(C)C#Cc1cc2c(cc1Cl)C=NC2.CC(C)C#Cc1cc2c(cc1Nc1ccc(F)cc1)C=NC2.CC(C)c1cc2cc3c(cc2n1-c1ccc(F)cc1)C=NC3.Nc1ccc(F)cc1.S=S=S. The zero-order valence-corrected chi connectivity index (χ0v) is 47.0. The van der Waals surface area contributed by atoms with E-state index in [-0.39, 0.29) is 17.5 Å². The lowest BCUT2D eigenvalue weighted by Gasteiger charge is -2.13. The predicted octanol–water partition coefficient (Wildman–Crippen LogP) is 15.3. The Morgan fingerprint density at radius 1 is 0.618 bits per heavy atom. The number of terminal acetylenes is 1. The van der Waals surface area contributed by atoms with Crippen LogP contribution in [-0.4, -0.2) is 23.2 Å². The Morgan fingerprint density at radius 3 is 1.53 bits per heavy atom. The molecule has 7 aromatic rings. The zero-order valence-electron chi connectivity index (χ0n) is 43.8. The molecule has 0 aliphatic carbocycles. The van der Waals surface area contributed by atoms with E-state index in [1.165, 1.54) is 81.9 Å². The summed E-state index contributed by atoms with van der Waals surface area (Å²) in [6.45, 7) is 18.5. The van der Waals surface area contributed by atoms with E-state index in [4.69, 9.17) is 17.3 Å². The number of nitrogen functional groups attached to an aromatic ring is 1. The fourth-order valence-corrected chi connectivity index (χ4v) is 7.55. The molecule has 3 aliphatic heterocycles. The van der Waals surface area contributed by atoms with Crippen molar-refractivity contribution in [1.29, 1.82) is 0 Å². The first-order valence-electron chi connectivity index (χ1n) is 24.1. The van der Waals surface area contributed by atoms with E-state index in [0.717, 1.165) is 71.8 Å². The minimum Gasteiger partial charge on any atom is -0.399 e. The molecule has 0 amide bonds. The summed E-state index contributed by atoms with van der Waals surface area (Å²) in [4.78, 5) is 12.8. The smallest absolute Gasteiger partial charge is 0.123 e. The summed E-state index contributed by atoms with van der Waals surface area (Å²) < 4.78 is 40.5. The van der Waals surface area contributed by atoms with Crippen LogP contribution in [0.3, 0.4) is 0 Å². The quantitative estimate of drug-likeness (QED) is 0.136. The lowest BCUT2D eigenvalue weighted by atomic mass is 10.0. The van der Waals surface area contributed by atoms with Crippen LogP contribution >= 0.6 is 11.6 Å². The number of aliphatic imine (C=N–C) groups is 3. The Bertz CT molecular complexity index is 3400. The normalized spacial score (nSPS) is 11.1. The second-order valence-electron chi connectivity index (χ2n) is 17.8. The van der Waals surface area contributed by atoms with Gasteiger partial charge in [-0.1, -0.05) is 76.8 Å². The van der Waals surface area contributed by atoms with Gasteiger partial charge in [0.2, 0.25) is 0 Å². The van der Waals surface area contributed by atoms with Crippen LogP contribution in [0, 0.1) is 77.7 Å². The molecule has 1 aromatic heterocycles. The van der Waals surface area contributed by atoms with Gasteiger partial charge in [0.15, 0.2) is 0 Å². The van der Waals surface area contributed by atoms with Crippen LogP contribution in [0.4, 0.5) is 30.2 Å². The van der Waals surface area contributed by atoms with Gasteiger partial charge < -0.3 is 15.6 Å². The maximum atomic E-state index is 13.3. The predicted molar refractivity (Wildman–Crippen MR) is 324 cm³/mol. The van der Waals surface area contributed by atoms with E-state index in [0.29, 0.717) is 30.0 Å². The topological polar surface area (TPSA) is 80.1 Å². The molecule has 6 nitrogen and oxygen atoms in total. The van der Waals surface area contributed by atoms with Gasteiger partial charge in [-0.2, -0.15) is 0 Å². The molecule has 3 N–H and O–H groups in total. The van der Waals surface area contributed by atoms with E-state index in [9.17, 15) is 13.2 Å². The van der Waals surface area contributed by atoms with Gasteiger partial charge >= 0.3 is 0 Å². The summed E-state index contributed by atoms with van der Waals surface area (Å²) in [5.74, 6) is 18.4. The maximum absolute atomic E-state index is 13.3. The first-order chi connectivity index (χ1) is 36.5. The van der Waals surface area contributed by atoms with Crippen molar-refractivity contribution in [3.63, 3.8) is 0 Å². The highest BCUT2D eigenvalue weighted by Crippen LogP contribution is 2.33. The average Bonchev–Trinajstić information content (AvgIpc) is 4.25. The number of halogens is 4. The molecule has 0 saturated carbocycles. The monoisotopic (exact) mass is 1090 g/mol. The van der Waals surface area contributed by atoms with E-state index < -0.39 is 0 Å². The molecule has 0 radical (unpaired) electrons. The van der Waals surface area contributed by atoms with E-state index in [1.807, 2.05) is 56.8 Å². The summed E-state index contributed by atoms with van der Waals surface area (Å²) in [6.07, 6.45) is 13.7. The van der Waals surface area contributed by atoms with Crippen LogP contribution < -0.4 is 11.1 Å². The Balaban J connectivity index is 0.000000216. The van der Waals surface area contributed by atoms with Crippen molar-refractivity contribution in [2.24, 2.45) is 26.8 Å². The van der Waals surface area contributed by atoms with Gasteiger partial charge in [-0.05, 0) is 168 Å². The minimum absolute atomic E-state index is 0.209. The highest BCUT2D eigenvalue weighted by Gasteiger charge is 2.17. The molecule has 0 fully saturated rings. The Hall–Kier alpha value is -7.55. The number of hydrogen-bond donors (Lipinski definition) is 2. The number of benzene rings is 6.